The highest BCUT2D eigenvalue weighted by molar-refractivity contribution is 5.93. The van der Waals surface area contributed by atoms with Crippen LogP contribution in [0.15, 0.2) is 30.3 Å². The monoisotopic (exact) mass is 255 g/mol. The van der Waals surface area contributed by atoms with Crippen molar-refractivity contribution in [1.29, 1.82) is 0 Å². The summed E-state index contributed by atoms with van der Waals surface area (Å²) in [5, 5.41) is 1.05. The minimum atomic E-state index is -0.322. The first-order valence-corrected chi connectivity index (χ1v) is 6.33. The molecule has 0 aliphatic rings. The van der Waals surface area contributed by atoms with E-state index >= 15 is 0 Å². The van der Waals surface area contributed by atoms with Crippen LogP contribution >= 0.6 is 0 Å². The van der Waals surface area contributed by atoms with Gasteiger partial charge in [-0.1, -0.05) is 11.6 Å². The van der Waals surface area contributed by atoms with Crippen LogP contribution in [0.3, 0.4) is 0 Å². The molecule has 19 heavy (non-hydrogen) atoms. The molecule has 2 rings (SSSR count). The Morgan fingerprint density at radius 1 is 1.32 bits per heavy atom. The second-order valence-corrected chi connectivity index (χ2v) is 4.46. The molecule has 0 saturated carbocycles. The first-order valence-electron chi connectivity index (χ1n) is 6.33. The van der Waals surface area contributed by atoms with Crippen LogP contribution in [0.4, 0.5) is 0 Å². The van der Waals surface area contributed by atoms with E-state index in [1.165, 1.54) is 11.6 Å². The fourth-order valence-corrected chi connectivity index (χ4v) is 1.99. The van der Waals surface area contributed by atoms with Gasteiger partial charge < -0.3 is 4.74 Å². The number of hydrogen-bond acceptors (Lipinski definition) is 3. The molecule has 0 unspecified atom stereocenters. The Bertz CT molecular complexity index is 644. The van der Waals surface area contributed by atoms with E-state index < -0.39 is 0 Å². The van der Waals surface area contributed by atoms with Crippen LogP contribution in [-0.2, 0) is 9.53 Å². The number of carbonyl (C=O) groups excluding carboxylic acids is 1. The van der Waals surface area contributed by atoms with Gasteiger partial charge in [-0.15, -0.1) is 0 Å². The van der Waals surface area contributed by atoms with Crippen LogP contribution < -0.4 is 0 Å². The van der Waals surface area contributed by atoms with Crippen LogP contribution in [-0.4, -0.2) is 17.6 Å². The number of esters is 1. The molecule has 1 heterocycles. The zero-order valence-electron chi connectivity index (χ0n) is 11.4. The lowest BCUT2D eigenvalue weighted by atomic mass is 10.0. The Hall–Kier alpha value is -2.16. The van der Waals surface area contributed by atoms with Crippen LogP contribution in [0.25, 0.3) is 17.0 Å². The van der Waals surface area contributed by atoms with Crippen molar-refractivity contribution in [2.45, 2.75) is 20.8 Å². The molecule has 0 aliphatic heterocycles. The second-order valence-electron chi connectivity index (χ2n) is 4.46. The summed E-state index contributed by atoms with van der Waals surface area (Å²) in [5.74, 6) is -0.322. The largest absolute Gasteiger partial charge is 0.463 e. The van der Waals surface area contributed by atoms with E-state index in [0.717, 1.165) is 22.2 Å². The van der Waals surface area contributed by atoms with Gasteiger partial charge in [-0.2, -0.15) is 0 Å². The van der Waals surface area contributed by atoms with E-state index in [9.17, 15) is 4.79 Å². The number of ether oxygens (including phenoxy) is 1. The zero-order chi connectivity index (χ0) is 13.8. The molecule has 1 aromatic carbocycles. The molecule has 0 bridgehead atoms. The molecule has 0 aliphatic carbocycles. The lowest BCUT2D eigenvalue weighted by molar-refractivity contribution is -0.137. The number of aryl methyl sites for hydroxylation is 2. The summed E-state index contributed by atoms with van der Waals surface area (Å²) in [4.78, 5) is 15.9. The van der Waals surface area contributed by atoms with Crippen molar-refractivity contribution in [3.63, 3.8) is 0 Å². The molecule has 0 atom stereocenters. The average Bonchev–Trinajstić information content (AvgIpc) is 2.37. The lowest BCUT2D eigenvalue weighted by Crippen LogP contribution is -1.98. The highest BCUT2D eigenvalue weighted by atomic mass is 16.5. The van der Waals surface area contributed by atoms with E-state index in [1.54, 1.807) is 13.0 Å². The smallest absolute Gasteiger partial charge is 0.330 e. The van der Waals surface area contributed by atoms with Crippen molar-refractivity contribution in [3.05, 3.63) is 47.2 Å². The van der Waals surface area contributed by atoms with Gasteiger partial charge in [0.25, 0.3) is 0 Å². The first kappa shape index (κ1) is 13.3. The van der Waals surface area contributed by atoms with Crippen LogP contribution in [0.1, 0.15) is 23.7 Å². The summed E-state index contributed by atoms with van der Waals surface area (Å²) in [6.07, 6.45) is 3.24. The standard InChI is InChI=1S/C16H17NO2/c1-4-19-16(18)8-6-13-10-12(3)17-15-7-5-11(2)9-14(13)15/h5-10H,4H2,1-3H3/b8-6+. The summed E-state index contributed by atoms with van der Waals surface area (Å²) in [7, 11) is 0. The summed E-state index contributed by atoms with van der Waals surface area (Å²) >= 11 is 0. The third-order valence-electron chi connectivity index (χ3n) is 2.81. The highest BCUT2D eigenvalue weighted by Crippen LogP contribution is 2.21. The van der Waals surface area contributed by atoms with Crippen molar-refractivity contribution in [2.75, 3.05) is 6.61 Å². The number of aromatic nitrogens is 1. The molecule has 0 saturated heterocycles. The predicted octanol–water partition coefficient (Wildman–Crippen LogP) is 3.43. The minimum Gasteiger partial charge on any atom is -0.463 e. The number of rotatable bonds is 3. The van der Waals surface area contributed by atoms with Gasteiger partial charge in [-0.3, -0.25) is 4.98 Å². The molecule has 3 nitrogen and oxygen atoms in total. The average molecular weight is 255 g/mol. The summed E-state index contributed by atoms with van der Waals surface area (Å²) < 4.78 is 4.89. The lowest BCUT2D eigenvalue weighted by Gasteiger charge is -2.05. The number of benzene rings is 1. The Morgan fingerprint density at radius 3 is 2.84 bits per heavy atom. The fraction of sp³-hybridized carbons (Fsp3) is 0.250. The number of pyridine rings is 1. The fourth-order valence-electron chi connectivity index (χ4n) is 1.99. The van der Waals surface area contributed by atoms with Gasteiger partial charge in [0.15, 0.2) is 0 Å². The molecule has 0 radical (unpaired) electrons. The maximum Gasteiger partial charge on any atom is 0.330 e. The number of nitrogens with zero attached hydrogens (tertiary/aromatic N) is 1. The predicted molar refractivity (Wildman–Crippen MR) is 76.9 cm³/mol. The van der Waals surface area contributed by atoms with Crippen molar-refractivity contribution >= 4 is 22.9 Å². The van der Waals surface area contributed by atoms with Crippen molar-refractivity contribution in [1.82, 2.24) is 4.98 Å². The van der Waals surface area contributed by atoms with Crippen molar-refractivity contribution < 1.29 is 9.53 Å². The molecule has 0 N–H and O–H groups in total. The summed E-state index contributed by atoms with van der Waals surface area (Å²) in [5.41, 5.74) is 4.03. The Morgan fingerprint density at radius 2 is 2.11 bits per heavy atom. The number of hydrogen-bond donors (Lipinski definition) is 0. The maximum atomic E-state index is 11.4. The van der Waals surface area contributed by atoms with Crippen molar-refractivity contribution in [2.24, 2.45) is 0 Å². The molecule has 3 heteroatoms. The molecule has 98 valence electrons. The van der Waals surface area contributed by atoms with Gasteiger partial charge >= 0.3 is 5.97 Å². The molecular formula is C16H17NO2. The van der Waals surface area contributed by atoms with Crippen LogP contribution in [0.2, 0.25) is 0 Å². The Kier molecular flexibility index (Phi) is 3.95. The summed E-state index contributed by atoms with van der Waals surface area (Å²) in [6.45, 7) is 6.17. The molecule has 0 spiro atoms. The Balaban J connectivity index is 2.46. The quantitative estimate of drug-likeness (QED) is 0.623. The van der Waals surface area contributed by atoms with Crippen LogP contribution in [0, 0.1) is 13.8 Å². The maximum absolute atomic E-state index is 11.4. The van der Waals surface area contributed by atoms with Gasteiger partial charge in [-0.05, 0) is 50.6 Å². The second kappa shape index (κ2) is 5.65. The molecule has 1 aromatic heterocycles. The van der Waals surface area contributed by atoms with Gasteiger partial charge in [-0.25, -0.2) is 4.79 Å². The number of carbonyl (C=O) groups is 1. The van der Waals surface area contributed by atoms with Gasteiger partial charge in [0.2, 0.25) is 0 Å². The third kappa shape index (κ3) is 3.19. The van der Waals surface area contributed by atoms with E-state index in [2.05, 4.69) is 11.1 Å². The normalized spacial score (nSPS) is 11.1. The van der Waals surface area contributed by atoms with Gasteiger partial charge in [0.1, 0.15) is 0 Å². The third-order valence-corrected chi connectivity index (χ3v) is 2.81. The summed E-state index contributed by atoms with van der Waals surface area (Å²) in [6, 6.07) is 8.08. The first-order chi connectivity index (χ1) is 9.10. The number of fused-ring (bicyclic) bond motifs is 1. The molecular weight excluding hydrogens is 238 g/mol. The highest BCUT2D eigenvalue weighted by Gasteiger charge is 2.03. The van der Waals surface area contributed by atoms with Gasteiger partial charge in [0, 0.05) is 17.2 Å². The zero-order valence-corrected chi connectivity index (χ0v) is 11.4. The van der Waals surface area contributed by atoms with Crippen LogP contribution in [0.5, 0.6) is 0 Å². The topological polar surface area (TPSA) is 39.2 Å². The molecule has 0 amide bonds. The van der Waals surface area contributed by atoms with E-state index in [1.807, 2.05) is 32.0 Å². The molecule has 2 aromatic rings. The SMILES string of the molecule is CCOC(=O)/C=C/c1cc(C)nc2ccc(C)cc12. The van der Waals surface area contributed by atoms with E-state index in [0.29, 0.717) is 6.61 Å². The van der Waals surface area contributed by atoms with E-state index in [-0.39, 0.29) is 5.97 Å². The molecule has 0 fully saturated rings. The van der Waals surface area contributed by atoms with E-state index in [4.69, 9.17) is 4.74 Å². The Labute approximate surface area is 112 Å². The van der Waals surface area contributed by atoms with Gasteiger partial charge in [0.05, 0.1) is 12.1 Å². The van der Waals surface area contributed by atoms with Crippen molar-refractivity contribution in [3.8, 4) is 0 Å². The minimum absolute atomic E-state index is 0.322.